The number of piperidine rings is 1. The fourth-order valence-corrected chi connectivity index (χ4v) is 2.55. The van der Waals surface area contributed by atoms with Crippen molar-refractivity contribution >= 4 is 5.97 Å². The normalized spacial score (nSPS) is 21.1. The number of ether oxygens (including phenoxy) is 1. The molecule has 86 valence electrons. The summed E-state index contributed by atoms with van der Waals surface area (Å²) in [4.78, 5) is 11.7. The van der Waals surface area contributed by atoms with Gasteiger partial charge < -0.3 is 15.5 Å². The molecule has 1 spiro atoms. The number of fused-ring (bicyclic) bond motifs is 2. The minimum Gasteiger partial charge on any atom is -0.450 e. The number of esters is 1. The molecule has 1 aromatic rings. The predicted molar refractivity (Wildman–Crippen MR) is 59.3 cm³/mol. The molecule has 3 rings (SSSR count). The predicted octanol–water partition coefficient (Wildman–Crippen LogP) is 0.611. The zero-order valence-electron chi connectivity index (χ0n) is 8.95. The van der Waals surface area contributed by atoms with Gasteiger partial charge in [-0.25, -0.2) is 4.79 Å². The van der Waals surface area contributed by atoms with Crippen molar-refractivity contribution in [3.63, 3.8) is 0 Å². The van der Waals surface area contributed by atoms with Crippen LogP contribution in [0.15, 0.2) is 24.3 Å². The van der Waals surface area contributed by atoms with Crippen LogP contribution >= 0.6 is 0 Å². The van der Waals surface area contributed by atoms with Gasteiger partial charge in [-0.15, -0.1) is 0 Å². The Morgan fingerprint density at radius 2 is 1.88 bits per heavy atom. The molecule has 1 saturated heterocycles. The summed E-state index contributed by atoms with van der Waals surface area (Å²) in [5, 5.41) is 3.29. The highest BCUT2D eigenvalue weighted by molar-refractivity contribution is 5.94. The molecule has 1 fully saturated rings. The van der Waals surface area contributed by atoms with Crippen LogP contribution in [0, 0.1) is 0 Å². The molecule has 2 heterocycles. The van der Waals surface area contributed by atoms with E-state index in [2.05, 4.69) is 5.32 Å². The second-order valence-corrected chi connectivity index (χ2v) is 4.18. The molecule has 4 heteroatoms. The lowest BCUT2D eigenvalue weighted by molar-refractivity contribution is -0.0241. The molecule has 0 aliphatic carbocycles. The Morgan fingerprint density at radius 1 is 1.19 bits per heavy atom. The van der Waals surface area contributed by atoms with E-state index in [4.69, 9.17) is 4.74 Å². The quantitative estimate of drug-likeness (QED) is 0.652. The van der Waals surface area contributed by atoms with E-state index in [9.17, 15) is 4.79 Å². The number of benzene rings is 1. The summed E-state index contributed by atoms with van der Waals surface area (Å²) < 4.78 is 5.58. The first-order chi connectivity index (χ1) is 7.32. The molecule has 4 nitrogen and oxygen atoms in total. The van der Waals surface area contributed by atoms with Gasteiger partial charge >= 0.3 is 5.97 Å². The number of carbonyl (C=O) groups excluding carboxylic acids is 1. The average Bonchev–Trinajstić information content (AvgIpc) is 2.55. The van der Waals surface area contributed by atoms with Crippen molar-refractivity contribution in [2.45, 2.75) is 18.4 Å². The van der Waals surface area contributed by atoms with Crippen LogP contribution in [0.25, 0.3) is 0 Å². The smallest absolute Gasteiger partial charge is 0.339 e. The molecule has 3 N–H and O–H groups in total. The number of nitrogens with one attached hydrogen (secondary N) is 1. The van der Waals surface area contributed by atoms with Gasteiger partial charge in [-0.1, -0.05) is 18.2 Å². The zero-order valence-corrected chi connectivity index (χ0v) is 8.95. The molecule has 0 amide bonds. The molecule has 0 aromatic heterocycles. The van der Waals surface area contributed by atoms with E-state index in [1.165, 1.54) is 0 Å². The number of rotatable bonds is 0. The minimum atomic E-state index is -0.334. The monoisotopic (exact) mass is 221 g/mol. The topological polar surface area (TPSA) is 69.8 Å². The Balaban J connectivity index is 0.000000963. The van der Waals surface area contributed by atoms with E-state index in [-0.39, 0.29) is 17.0 Å². The molecule has 0 bridgehead atoms. The maximum atomic E-state index is 11.7. The van der Waals surface area contributed by atoms with Crippen molar-refractivity contribution in [2.24, 2.45) is 0 Å². The highest BCUT2D eigenvalue weighted by Gasteiger charge is 2.45. The summed E-state index contributed by atoms with van der Waals surface area (Å²) in [6, 6.07) is 7.74. The van der Waals surface area contributed by atoms with Gasteiger partial charge in [0, 0.05) is 18.4 Å². The summed E-state index contributed by atoms with van der Waals surface area (Å²) >= 11 is 0. The second kappa shape index (κ2) is 3.88. The van der Waals surface area contributed by atoms with Gasteiger partial charge in [-0.2, -0.15) is 0 Å². The molecular weight excluding hydrogens is 206 g/mol. The Morgan fingerprint density at radius 3 is 2.62 bits per heavy atom. The van der Waals surface area contributed by atoms with Crippen molar-refractivity contribution in [3.8, 4) is 0 Å². The van der Waals surface area contributed by atoms with Crippen LogP contribution in [0.1, 0.15) is 28.8 Å². The third-order valence-electron chi connectivity index (χ3n) is 3.34. The van der Waals surface area contributed by atoms with E-state index >= 15 is 0 Å². The molecule has 0 atom stereocenters. The Bertz CT molecular complexity index is 410. The highest BCUT2D eigenvalue weighted by atomic mass is 16.6. The molecule has 0 saturated carbocycles. The third kappa shape index (κ3) is 1.42. The lowest BCUT2D eigenvalue weighted by Crippen LogP contribution is -2.39. The molecule has 2 aliphatic rings. The molecule has 16 heavy (non-hydrogen) atoms. The summed E-state index contributed by atoms with van der Waals surface area (Å²) in [5.41, 5.74) is 1.50. The molecule has 0 unspecified atom stereocenters. The third-order valence-corrected chi connectivity index (χ3v) is 3.34. The maximum absolute atomic E-state index is 11.7. The van der Waals surface area contributed by atoms with Crippen molar-refractivity contribution < 1.29 is 15.0 Å². The maximum Gasteiger partial charge on any atom is 0.339 e. The zero-order chi connectivity index (χ0) is 10.3. The van der Waals surface area contributed by atoms with Crippen LogP contribution in [0.2, 0.25) is 0 Å². The second-order valence-electron chi connectivity index (χ2n) is 4.18. The number of hydrogen-bond donors (Lipinski definition) is 1. The van der Waals surface area contributed by atoms with Crippen LogP contribution in [0.3, 0.4) is 0 Å². The first-order valence-electron chi connectivity index (χ1n) is 5.35. The van der Waals surface area contributed by atoms with Crippen molar-refractivity contribution in [2.75, 3.05) is 13.1 Å². The standard InChI is InChI=1S/C12H13NO2.H2O/c14-11-9-3-1-2-4-10(9)12(15-11)5-7-13-8-6-12;/h1-4,13H,5-8H2;1H2. The molecule has 1 aromatic carbocycles. The fourth-order valence-electron chi connectivity index (χ4n) is 2.55. The lowest BCUT2D eigenvalue weighted by atomic mass is 9.84. The summed E-state index contributed by atoms with van der Waals surface area (Å²) in [7, 11) is 0. The molecule has 0 radical (unpaired) electrons. The van der Waals surface area contributed by atoms with Crippen LogP contribution in [0.5, 0.6) is 0 Å². The highest BCUT2D eigenvalue weighted by Crippen LogP contribution is 2.42. The molecular formula is C12H15NO3. The van der Waals surface area contributed by atoms with E-state index < -0.39 is 0 Å². The number of carbonyl (C=O) groups is 1. The van der Waals surface area contributed by atoms with E-state index in [1.54, 1.807) is 0 Å². The van der Waals surface area contributed by atoms with Crippen LogP contribution in [0.4, 0.5) is 0 Å². The SMILES string of the molecule is O.O=C1OC2(CCNCC2)c2ccccc21. The summed E-state index contributed by atoms with van der Waals surface area (Å²) in [6.07, 6.45) is 1.77. The van der Waals surface area contributed by atoms with Gasteiger partial charge in [-0.3, -0.25) is 0 Å². The van der Waals surface area contributed by atoms with Crippen molar-refractivity contribution in [1.82, 2.24) is 5.32 Å². The van der Waals surface area contributed by atoms with Gasteiger partial charge in [0.05, 0.1) is 5.56 Å². The number of hydrogen-bond acceptors (Lipinski definition) is 3. The van der Waals surface area contributed by atoms with E-state index in [1.807, 2.05) is 24.3 Å². The first-order valence-corrected chi connectivity index (χ1v) is 5.35. The van der Waals surface area contributed by atoms with Gasteiger partial charge in [0.25, 0.3) is 0 Å². The van der Waals surface area contributed by atoms with Gasteiger partial charge in [-0.05, 0) is 19.2 Å². The molecule has 2 aliphatic heterocycles. The van der Waals surface area contributed by atoms with Gasteiger partial charge in [0.1, 0.15) is 5.60 Å². The largest absolute Gasteiger partial charge is 0.450 e. The van der Waals surface area contributed by atoms with Crippen LogP contribution < -0.4 is 5.32 Å². The lowest BCUT2D eigenvalue weighted by Gasteiger charge is -2.33. The van der Waals surface area contributed by atoms with Crippen LogP contribution in [-0.4, -0.2) is 24.5 Å². The Labute approximate surface area is 93.9 Å². The Hall–Kier alpha value is -1.39. The average molecular weight is 221 g/mol. The Kier molecular flexibility index (Phi) is 2.69. The van der Waals surface area contributed by atoms with E-state index in [0.717, 1.165) is 37.1 Å². The minimum absolute atomic E-state index is 0. The first kappa shape index (κ1) is 11.1. The van der Waals surface area contributed by atoms with Crippen LogP contribution in [-0.2, 0) is 10.3 Å². The summed E-state index contributed by atoms with van der Waals surface area (Å²) in [6.45, 7) is 1.84. The van der Waals surface area contributed by atoms with Crippen molar-refractivity contribution in [3.05, 3.63) is 35.4 Å². The van der Waals surface area contributed by atoms with Crippen molar-refractivity contribution in [1.29, 1.82) is 0 Å². The van der Waals surface area contributed by atoms with Gasteiger partial charge in [0.15, 0.2) is 0 Å². The summed E-state index contributed by atoms with van der Waals surface area (Å²) in [5.74, 6) is -0.160. The van der Waals surface area contributed by atoms with E-state index in [0.29, 0.717) is 0 Å². The van der Waals surface area contributed by atoms with Gasteiger partial charge in [0.2, 0.25) is 0 Å². The fraction of sp³-hybridized carbons (Fsp3) is 0.417.